The summed E-state index contributed by atoms with van der Waals surface area (Å²) >= 11 is 6.08. The van der Waals surface area contributed by atoms with Crippen LogP contribution in [0.4, 0.5) is 0 Å². The van der Waals surface area contributed by atoms with Gasteiger partial charge in [0.2, 0.25) is 10.0 Å². The molecule has 0 saturated carbocycles. The molecule has 2 aromatic rings. The first-order chi connectivity index (χ1) is 12.4. The van der Waals surface area contributed by atoms with Crippen molar-refractivity contribution in [1.29, 1.82) is 0 Å². The highest BCUT2D eigenvalue weighted by Crippen LogP contribution is 2.28. The second-order valence-electron chi connectivity index (χ2n) is 6.47. The Kier molecular flexibility index (Phi) is 5.87. The lowest BCUT2D eigenvalue weighted by Crippen LogP contribution is -2.48. The summed E-state index contributed by atoms with van der Waals surface area (Å²) in [6.45, 7) is 5.27. The van der Waals surface area contributed by atoms with Gasteiger partial charge >= 0.3 is 0 Å². The van der Waals surface area contributed by atoms with Crippen LogP contribution in [0.5, 0.6) is 5.75 Å². The minimum absolute atomic E-state index is 0.204. The number of benzene rings is 2. The van der Waals surface area contributed by atoms with E-state index in [4.69, 9.17) is 16.3 Å². The number of methoxy groups -OCH3 is 1. The zero-order chi connectivity index (χ0) is 18.7. The Balaban J connectivity index is 1.66. The second kappa shape index (κ2) is 7.96. The molecule has 0 unspecified atom stereocenters. The molecule has 1 saturated heterocycles. The number of nitrogens with zero attached hydrogens (tertiary/aromatic N) is 2. The Morgan fingerprint density at radius 1 is 1.08 bits per heavy atom. The molecule has 0 amide bonds. The smallest absolute Gasteiger partial charge is 0.243 e. The topological polar surface area (TPSA) is 49.9 Å². The van der Waals surface area contributed by atoms with Gasteiger partial charge < -0.3 is 4.74 Å². The summed E-state index contributed by atoms with van der Waals surface area (Å²) in [7, 11) is -2.04. The Morgan fingerprint density at radius 2 is 1.81 bits per heavy atom. The van der Waals surface area contributed by atoms with Crippen LogP contribution in [-0.4, -0.2) is 50.9 Å². The van der Waals surface area contributed by atoms with E-state index in [9.17, 15) is 8.42 Å². The summed E-state index contributed by atoms with van der Waals surface area (Å²) in [5.41, 5.74) is 2.49. The van der Waals surface area contributed by atoms with Gasteiger partial charge in [0, 0.05) is 32.7 Å². The van der Waals surface area contributed by atoms with Crippen molar-refractivity contribution in [2.24, 2.45) is 0 Å². The van der Waals surface area contributed by atoms with Crippen molar-refractivity contribution in [3.8, 4) is 5.75 Å². The van der Waals surface area contributed by atoms with Gasteiger partial charge in [0.25, 0.3) is 0 Å². The Bertz CT molecular complexity index is 878. The van der Waals surface area contributed by atoms with Gasteiger partial charge in [-0.2, -0.15) is 4.31 Å². The van der Waals surface area contributed by atoms with Crippen molar-refractivity contribution in [1.82, 2.24) is 9.21 Å². The molecule has 7 heteroatoms. The van der Waals surface area contributed by atoms with E-state index in [1.807, 2.05) is 0 Å². The molecule has 2 aromatic carbocycles. The number of aryl methyl sites for hydroxylation is 1. The van der Waals surface area contributed by atoms with Gasteiger partial charge in [-0.15, -0.1) is 0 Å². The van der Waals surface area contributed by atoms with Gasteiger partial charge in [0.15, 0.2) is 0 Å². The molecule has 3 rings (SSSR count). The lowest BCUT2D eigenvalue weighted by molar-refractivity contribution is 0.181. The van der Waals surface area contributed by atoms with E-state index in [1.165, 1.54) is 28.6 Å². The molecule has 0 spiro atoms. The average molecular weight is 395 g/mol. The van der Waals surface area contributed by atoms with Gasteiger partial charge in [-0.05, 0) is 30.7 Å². The van der Waals surface area contributed by atoms with Crippen molar-refractivity contribution in [2.45, 2.75) is 18.4 Å². The molecule has 26 heavy (non-hydrogen) atoms. The van der Waals surface area contributed by atoms with Crippen molar-refractivity contribution in [3.63, 3.8) is 0 Å². The van der Waals surface area contributed by atoms with Crippen LogP contribution < -0.4 is 4.74 Å². The third-order valence-electron chi connectivity index (χ3n) is 4.58. The van der Waals surface area contributed by atoms with Crippen molar-refractivity contribution in [3.05, 3.63) is 58.6 Å². The molecule has 0 radical (unpaired) electrons. The average Bonchev–Trinajstić information content (AvgIpc) is 2.62. The molecule has 1 fully saturated rings. The van der Waals surface area contributed by atoms with Crippen LogP contribution in [0.25, 0.3) is 0 Å². The van der Waals surface area contributed by atoms with Gasteiger partial charge in [-0.3, -0.25) is 4.90 Å². The van der Waals surface area contributed by atoms with E-state index in [0.717, 1.165) is 6.54 Å². The molecule has 5 nitrogen and oxygen atoms in total. The van der Waals surface area contributed by atoms with Crippen LogP contribution >= 0.6 is 11.6 Å². The fourth-order valence-corrected chi connectivity index (χ4v) is 4.92. The maximum atomic E-state index is 12.9. The van der Waals surface area contributed by atoms with Crippen molar-refractivity contribution < 1.29 is 13.2 Å². The molecule has 1 aliphatic rings. The molecule has 0 atom stereocenters. The Labute approximate surface area is 160 Å². The van der Waals surface area contributed by atoms with E-state index in [-0.39, 0.29) is 4.90 Å². The minimum Gasteiger partial charge on any atom is -0.495 e. The molecular weight excluding hydrogens is 372 g/mol. The molecular formula is C19H23ClN2O3S. The van der Waals surface area contributed by atoms with Gasteiger partial charge in [0.05, 0.1) is 17.0 Å². The number of sulfonamides is 1. The fourth-order valence-electron chi connectivity index (χ4n) is 3.15. The quantitative estimate of drug-likeness (QED) is 0.781. The molecule has 0 bridgehead atoms. The maximum Gasteiger partial charge on any atom is 0.243 e. The van der Waals surface area contributed by atoms with E-state index < -0.39 is 10.0 Å². The zero-order valence-corrected chi connectivity index (χ0v) is 16.6. The molecule has 1 aliphatic heterocycles. The van der Waals surface area contributed by atoms with E-state index in [2.05, 4.69) is 36.1 Å². The second-order valence-corrected chi connectivity index (χ2v) is 8.81. The first kappa shape index (κ1) is 19.2. The summed E-state index contributed by atoms with van der Waals surface area (Å²) in [5, 5.41) is 0.298. The lowest BCUT2D eigenvalue weighted by atomic mass is 10.1. The predicted octanol–water partition coefficient (Wildman–Crippen LogP) is 3.16. The molecule has 0 N–H and O–H groups in total. The first-order valence-electron chi connectivity index (χ1n) is 8.52. The highest BCUT2D eigenvalue weighted by atomic mass is 35.5. The van der Waals surface area contributed by atoms with Crippen LogP contribution in [0, 0.1) is 6.92 Å². The largest absolute Gasteiger partial charge is 0.495 e. The summed E-state index contributed by atoms with van der Waals surface area (Å²) < 4.78 is 32.3. The van der Waals surface area contributed by atoms with E-state index in [1.54, 1.807) is 12.1 Å². The number of hydrogen-bond donors (Lipinski definition) is 0. The fraction of sp³-hybridized carbons (Fsp3) is 0.368. The van der Waals surface area contributed by atoms with Gasteiger partial charge in [-0.1, -0.05) is 41.4 Å². The predicted molar refractivity (Wildman–Crippen MR) is 103 cm³/mol. The van der Waals surface area contributed by atoms with E-state index >= 15 is 0 Å². The standard InChI is InChI=1S/C19H23ClN2O3S/c1-15-4-3-5-16(12-15)14-21-8-10-22(11-9-21)26(23,24)17-6-7-19(25-2)18(20)13-17/h3-7,12-13H,8-11,14H2,1-2H3. The summed E-state index contributed by atoms with van der Waals surface area (Å²) in [6.07, 6.45) is 0. The third-order valence-corrected chi connectivity index (χ3v) is 6.77. The summed E-state index contributed by atoms with van der Waals surface area (Å²) in [4.78, 5) is 2.48. The van der Waals surface area contributed by atoms with Crippen molar-refractivity contribution in [2.75, 3.05) is 33.3 Å². The Hall–Kier alpha value is -1.60. The number of rotatable bonds is 5. The summed E-state index contributed by atoms with van der Waals surface area (Å²) in [6, 6.07) is 13.0. The normalized spacial score (nSPS) is 16.6. The summed E-state index contributed by atoms with van der Waals surface area (Å²) in [5.74, 6) is 0.466. The van der Waals surface area contributed by atoms with Crippen LogP contribution in [-0.2, 0) is 16.6 Å². The third kappa shape index (κ3) is 4.20. The molecule has 140 valence electrons. The highest BCUT2D eigenvalue weighted by molar-refractivity contribution is 7.89. The van der Waals surface area contributed by atoms with Crippen LogP contribution in [0.2, 0.25) is 5.02 Å². The van der Waals surface area contributed by atoms with Gasteiger partial charge in [-0.25, -0.2) is 8.42 Å². The lowest BCUT2D eigenvalue weighted by Gasteiger charge is -2.34. The molecule has 0 aromatic heterocycles. The van der Waals surface area contributed by atoms with Crippen molar-refractivity contribution >= 4 is 21.6 Å². The highest BCUT2D eigenvalue weighted by Gasteiger charge is 2.29. The SMILES string of the molecule is COc1ccc(S(=O)(=O)N2CCN(Cc3cccc(C)c3)CC2)cc1Cl. The monoisotopic (exact) mass is 394 g/mol. The van der Waals surface area contributed by atoms with Crippen LogP contribution in [0.3, 0.4) is 0 Å². The number of halogens is 1. The van der Waals surface area contributed by atoms with Gasteiger partial charge in [0.1, 0.15) is 5.75 Å². The van der Waals surface area contributed by atoms with Crippen LogP contribution in [0.15, 0.2) is 47.4 Å². The zero-order valence-electron chi connectivity index (χ0n) is 15.0. The molecule has 0 aliphatic carbocycles. The number of ether oxygens (including phenoxy) is 1. The first-order valence-corrected chi connectivity index (χ1v) is 10.3. The number of hydrogen-bond acceptors (Lipinski definition) is 4. The maximum absolute atomic E-state index is 12.9. The van der Waals surface area contributed by atoms with Crippen LogP contribution in [0.1, 0.15) is 11.1 Å². The molecule has 1 heterocycles. The number of piperazine rings is 1. The van der Waals surface area contributed by atoms with E-state index in [0.29, 0.717) is 37.0 Å². The minimum atomic E-state index is -3.55. The Morgan fingerprint density at radius 3 is 2.42 bits per heavy atom.